The summed E-state index contributed by atoms with van der Waals surface area (Å²) in [5.41, 5.74) is -0.372. The van der Waals surface area contributed by atoms with E-state index in [4.69, 9.17) is 51.8 Å². The fourth-order valence-corrected chi connectivity index (χ4v) is 1.46. The highest BCUT2D eigenvalue weighted by Gasteiger charge is 2.28. The van der Waals surface area contributed by atoms with Crippen LogP contribution in [0.4, 0.5) is 0 Å². The van der Waals surface area contributed by atoms with Crippen LogP contribution in [0.3, 0.4) is 0 Å². The van der Waals surface area contributed by atoms with Crippen molar-refractivity contribution < 1.29 is 9.90 Å². The fourth-order valence-electron chi connectivity index (χ4n) is 1.09. The highest BCUT2D eigenvalue weighted by Crippen LogP contribution is 2.30. The number of nitrogens with one attached hydrogen (secondary N) is 1. The number of hydrogen-bond acceptors (Lipinski definition) is 3. The van der Waals surface area contributed by atoms with Crippen molar-refractivity contribution in [2.75, 3.05) is 0 Å². The summed E-state index contributed by atoms with van der Waals surface area (Å²) in [7, 11) is 0. The predicted octanol–water partition coefficient (Wildman–Crippen LogP) is 4.01. The molecule has 17 heavy (non-hydrogen) atoms. The van der Waals surface area contributed by atoms with Crippen LogP contribution >= 0.6 is 46.4 Å². The molecule has 0 heterocycles. The Morgan fingerprint density at radius 1 is 1.35 bits per heavy atom. The second-order valence-electron chi connectivity index (χ2n) is 3.24. The maximum absolute atomic E-state index is 11.7. The second kappa shape index (κ2) is 5.44. The van der Waals surface area contributed by atoms with E-state index in [-0.39, 0.29) is 17.0 Å². The Bertz CT molecular complexity index is 468. The Morgan fingerprint density at radius 3 is 2.47 bits per heavy atom. The molecule has 0 amide bonds. The Hall–Kier alpha value is -0.480. The minimum atomic E-state index is -1.93. The van der Waals surface area contributed by atoms with Crippen LogP contribution in [0, 0.1) is 5.41 Å². The maximum atomic E-state index is 11.7. The molecule has 0 fully saturated rings. The molecule has 0 aliphatic carbocycles. The van der Waals surface area contributed by atoms with Crippen LogP contribution in [0.15, 0.2) is 18.2 Å². The van der Waals surface area contributed by atoms with E-state index in [1.54, 1.807) is 0 Å². The summed E-state index contributed by atoms with van der Waals surface area (Å²) in [6, 6.07) is 4.02. The number of halogens is 4. The molecule has 0 saturated heterocycles. The number of rotatable bonds is 3. The van der Waals surface area contributed by atoms with E-state index in [0.717, 1.165) is 0 Å². The first kappa shape index (κ1) is 14.6. The smallest absolute Gasteiger partial charge is 0.228 e. The molecule has 0 bridgehead atoms. The van der Waals surface area contributed by atoms with Crippen LogP contribution < -0.4 is 0 Å². The Balaban J connectivity index is 2.91. The van der Waals surface area contributed by atoms with E-state index in [1.165, 1.54) is 18.2 Å². The molecule has 3 nitrogen and oxygen atoms in total. The van der Waals surface area contributed by atoms with Gasteiger partial charge in [0.05, 0.1) is 17.7 Å². The second-order valence-corrected chi connectivity index (χ2v) is 5.96. The highest BCUT2D eigenvalue weighted by molar-refractivity contribution is 6.77. The van der Waals surface area contributed by atoms with Gasteiger partial charge in [0.15, 0.2) is 5.78 Å². The zero-order chi connectivity index (χ0) is 13.2. The van der Waals surface area contributed by atoms with E-state index in [1.807, 2.05) is 0 Å². The van der Waals surface area contributed by atoms with Crippen LogP contribution in [-0.2, 0) is 0 Å². The molecule has 92 valence electrons. The van der Waals surface area contributed by atoms with Crippen molar-refractivity contribution >= 4 is 57.9 Å². The summed E-state index contributed by atoms with van der Waals surface area (Å²) in [5, 5.41) is 17.2. The third-order valence-electron chi connectivity index (χ3n) is 1.94. The molecule has 0 aliphatic heterocycles. The number of benzene rings is 1. The summed E-state index contributed by atoms with van der Waals surface area (Å²) in [4.78, 5) is 11.7. The molecular weight excluding hydrogens is 308 g/mol. The van der Waals surface area contributed by atoms with Crippen molar-refractivity contribution in [1.82, 2.24) is 0 Å². The summed E-state index contributed by atoms with van der Waals surface area (Å²) in [5.74, 6) is -0.766. The fraction of sp³-hybridized carbons (Fsp3) is 0.200. The maximum Gasteiger partial charge on any atom is 0.228 e. The molecule has 7 heteroatoms. The first-order valence-electron chi connectivity index (χ1n) is 4.38. The Morgan fingerprint density at radius 2 is 1.94 bits per heavy atom. The lowest BCUT2D eigenvalue weighted by atomic mass is 10.1. The topological polar surface area (TPSA) is 61.2 Å². The number of ketones is 1. The van der Waals surface area contributed by atoms with Gasteiger partial charge in [0.25, 0.3) is 0 Å². The van der Waals surface area contributed by atoms with Crippen molar-refractivity contribution in [2.45, 2.75) is 10.2 Å². The first-order valence-corrected chi connectivity index (χ1v) is 5.89. The van der Waals surface area contributed by atoms with Crippen molar-refractivity contribution in [3.8, 4) is 5.75 Å². The number of carbonyl (C=O) groups is 1. The van der Waals surface area contributed by atoms with Gasteiger partial charge in [0.2, 0.25) is 3.79 Å². The van der Waals surface area contributed by atoms with Gasteiger partial charge in [-0.1, -0.05) is 46.4 Å². The summed E-state index contributed by atoms with van der Waals surface area (Å²) < 4.78 is -1.93. The lowest BCUT2D eigenvalue weighted by Crippen LogP contribution is -2.21. The van der Waals surface area contributed by atoms with Gasteiger partial charge in [0, 0.05) is 5.02 Å². The van der Waals surface area contributed by atoms with Gasteiger partial charge in [-0.05, 0) is 18.2 Å². The molecule has 0 aliphatic rings. The van der Waals surface area contributed by atoms with E-state index in [0.29, 0.717) is 5.02 Å². The van der Waals surface area contributed by atoms with Gasteiger partial charge in [-0.15, -0.1) is 0 Å². The van der Waals surface area contributed by atoms with Gasteiger partial charge in [-0.3, -0.25) is 4.79 Å². The average Bonchev–Trinajstić information content (AvgIpc) is 2.20. The quantitative estimate of drug-likeness (QED) is 0.503. The lowest BCUT2D eigenvalue weighted by molar-refractivity contribution is 0.0997. The van der Waals surface area contributed by atoms with Crippen molar-refractivity contribution in [1.29, 1.82) is 5.41 Å². The molecule has 0 atom stereocenters. The van der Waals surface area contributed by atoms with Crippen LogP contribution in [0.1, 0.15) is 16.8 Å². The van der Waals surface area contributed by atoms with Crippen molar-refractivity contribution in [3.63, 3.8) is 0 Å². The van der Waals surface area contributed by atoms with Crippen molar-refractivity contribution in [3.05, 3.63) is 28.8 Å². The molecular formula is C10H7Cl4NO2. The number of phenols is 1. The van der Waals surface area contributed by atoms with Gasteiger partial charge in [-0.2, -0.15) is 0 Å². The van der Waals surface area contributed by atoms with Crippen molar-refractivity contribution in [2.24, 2.45) is 0 Å². The number of aromatic hydroxyl groups is 1. The minimum Gasteiger partial charge on any atom is -0.507 e. The molecule has 1 rings (SSSR count). The van der Waals surface area contributed by atoms with E-state index in [9.17, 15) is 9.90 Å². The molecule has 0 saturated carbocycles. The zero-order valence-corrected chi connectivity index (χ0v) is 11.3. The van der Waals surface area contributed by atoms with E-state index >= 15 is 0 Å². The molecule has 0 aromatic heterocycles. The Kier molecular flexibility index (Phi) is 4.67. The van der Waals surface area contributed by atoms with E-state index < -0.39 is 16.0 Å². The number of carbonyl (C=O) groups excluding carboxylic acids is 1. The van der Waals surface area contributed by atoms with Gasteiger partial charge < -0.3 is 10.5 Å². The summed E-state index contributed by atoms with van der Waals surface area (Å²) in [6.07, 6.45) is -0.398. The van der Waals surface area contributed by atoms with Gasteiger partial charge >= 0.3 is 0 Å². The molecule has 1 aromatic carbocycles. The molecule has 1 aromatic rings. The third kappa shape index (κ3) is 4.03. The molecule has 0 radical (unpaired) electrons. The summed E-state index contributed by atoms with van der Waals surface area (Å²) in [6.45, 7) is 0. The standard InChI is InChI=1S/C10H7Cl4NO2/c11-5-1-2-7(16)6(3-5)8(17)4-9(15)10(12,13)14/h1-3,15-16H,4H2. The lowest BCUT2D eigenvalue weighted by Gasteiger charge is -2.12. The van der Waals surface area contributed by atoms with Gasteiger partial charge in [0.1, 0.15) is 5.75 Å². The Labute approximate surface area is 118 Å². The summed E-state index contributed by atoms with van der Waals surface area (Å²) >= 11 is 22.0. The highest BCUT2D eigenvalue weighted by atomic mass is 35.6. The average molecular weight is 315 g/mol. The van der Waals surface area contributed by atoms with Gasteiger partial charge in [-0.25, -0.2) is 0 Å². The van der Waals surface area contributed by atoms with E-state index in [2.05, 4.69) is 0 Å². The normalized spacial score (nSPS) is 11.3. The number of hydrogen-bond donors (Lipinski definition) is 2. The molecule has 0 spiro atoms. The monoisotopic (exact) mass is 313 g/mol. The largest absolute Gasteiger partial charge is 0.507 e. The number of phenolic OH excluding ortho intramolecular Hbond substituents is 1. The number of Topliss-reactive ketones (excluding diaryl/α,β-unsaturated/α-hetero) is 1. The van der Waals surface area contributed by atoms with Crippen LogP contribution in [0.5, 0.6) is 5.75 Å². The minimum absolute atomic E-state index is 0.00324. The number of alkyl halides is 3. The SMILES string of the molecule is N=C(CC(=O)c1cc(Cl)ccc1O)C(Cl)(Cl)Cl. The van der Waals surface area contributed by atoms with Crippen LogP contribution in [0.25, 0.3) is 0 Å². The van der Waals surface area contributed by atoms with Crippen LogP contribution in [0.2, 0.25) is 5.02 Å². The zero-order valence-electron chi connectivity index (χ0n) is 8.31. The molecule has 0 unspecified atom stereocenters. The third-order valence-corrected chi connectivity index (χ3v) is 2.86. The predicted molar refractivity (Wildman–Crippen MR) is 70.1 cm³/mol. The molecule has 2 N–H and O–H groups in total. The van der Waals surface area contributed by atoms with Crippen LogP contribution in [-0.4, -0.2) is 20.4 Å². The first-order chi connectivity index (χ1) is 7.71.